The molecule has 0 amide bonds. The van der Waals surface area contributed by atoms with E-state index >= 15 is 0 Å². The van der Waals surface area contributed by atoms with Crippen LogP contribution in [0.25, 0.3) is 11.5 Å². The van der Waals surface area contributed by atoms with Crippen molar-refractivity contribution in [3.8, 4) is 11.5 Å². The first-order valence-corrected chi connectivity index (χ1v) is 7.26. The second-order valence-corrected chi connectivity index (χ2v) is 5.81. The van der Waals surface area contributed by atoms with Gasteiger partial charge in [0.15, 0.2) is 0 Å². The van der Waals surface area contributed by atoms with Gasteiger partial charge in [-0.1, -0.05) is 35.3 Å². The van der Waals surface area contributed by atoms with Crippen LogP contribution in [0.2, 0.25) is 10.0 Å². The van der Waals surface area contributed by atoms with Crippen molar-refractivity contribution in [1.82, 2.24) is 20.4 Å². The summed E-state index contributed by atoms with van der Waals surface area (Å²) in [6, 6.07) is 1.62. The Morgan fingerprint density at radius 2 is 2.30 bits per heavy atom. The van der Waals surface area contributed by atoms with E-state index in [0.29, 0.717) is 27.5 Å². The first-order valence-electron chi connectivity index (χ1n) is 6.51. The van der Waals surface area contributed by atoms with E-state index in [1.54, 1.807) is 6.07 Å². The van der Waals surface area contributed by atoms with Gasteiger partial charge in [-0.2, -0.15) is 4.98 Å². The molecule has 1 aliphatic rings. The van der Waals surface area contributed by atoms with Crippen LogP contribution in [-0.2, 0) is 5.41 Å². The Bertz CT molecular complexity index is 623. The van der Waals surface area contributed by atoms with E-state index in [1.807, 2.05) is 0 Å². The third-order valence-electron chi connectivity index (χ3n) is 3.82. The quantitative estimate of drug-likeness (QED) is 0.943. The van der Waals surface area contributed by atoms with Crippen molar-refractivity contribution < 1.29 is 4.52 Å². The molecule has 106 valence electrons. The van der Waals surface area contributed by atoms with Crippen LogP contribution in [0, 0.1) is 0 Å². The predicted molar refractivity (Wildman–Crippen MR) is 77.0 cm³/mol. The Balaban J connectivity index is 1.97. The van der Waals surface area contributed by atoms with Crippen LogP contribution in [0.5, 0.6) is 0 Å². The fraction of sp³-hybridized carbons (Fsp3) is 0.462. The van der Waals surface area contributed by atoms with Gasteiger partial charge in [0, 0.05) is 12.7 Å². The molecule has 3 rings (SSSR count). The molecule has 20 heavy (non-hydrogen) atoms. The van der Waals surface area contributed by atoms with Gasteiger partial charge in [-0.25, -0.2) is 4.98 Å². The first kappa shape index (κ1) is 13.8. The lowest BCUT2D eigenvalue weighted by Crippen LogP contribution is -2.28. The number of pyridine rings is 1. The molecule has 7 heteroatoms. The summed E-state index contributed by atoms with van der Waals surface area (Å²) >= 11 is 12.0. The highest BCUT2D eigenvalue weighted by Gasteiger charge is 2.39. The molecule has 1 saturated heterocycles. The van der Waals surface area contributed by atoms with Crippen LogP contribution in [0.15, 0.2) is 16.8 Å². The van der Waals surface area contributed by atoms with E-state index in [-0.39, 0.29) is 5.41 Å². The highest BCUT2D eigenvalue weighted by molar-refractivity contribution is 6.35. The summed E-state index contributed by atoms with van der Waals surface area (Å²) < 4.78 is 5.45. The topological polar surface area (TPSA) is 63.8 Å². The molecule has 1 unspecified atom stereocenters. The molecule has 1 aliphatic heterocycles. The molecule has 0 aromatic carbocycles. The zero-order valence-corrected chi connectivity index (χ0v) is 12.5. The fourth-order valence-corrected chi connectivity index (χ4v) is 2.96. The maximum absolute atomic E-state index is 6.12. The summed E-state index contributed by atoms with van der Waals surface area (Å²) in [6.45, 7) is 3.95. The summed E-state index contributed by atoms with van der Waals surface area (Å²) in [7, 11) is 0. The van der Waals surface area contributed by atoms with Gasteiger partial charge in [0.25, 0.3) is 0 Å². The highest BCUT2D eigenvalue weighted by atomic mass is 35.5. The first-order chi connectivity index (χ1) is 9.64. The normalized spacial score (nSPS) is 22.4. The molecule has 5 nitrogen and oxygen atoms in total. The van der Waals surface area contributed by atoms with Crippen LogP contribution < -0.4 is 5.32 Å². The minimum Gasteiger partial charge on any atom is -0.338 e. The van der Waals surface area contributed by atoms with E-state index in [4.69, 9.17) is 27.7 Å². The average Bonchev–Trinajstić information content (AvgIpc) is 3.08. The number of hydrogen-bond acceptors (Lipinski definition) is 5. The molecule has 1 fully saturated rings. The Morgan fingerprint density at radius 1 is 1.45 bits per heavy atom. The standard InChI is InChI=1S/C13H14Cl2N4O/c1-2-13(3-4-16-7-13)12-18-11(19-20-12)10-9(15)5-8(14)6-17-10/h5-6,16H,2-4,7H2,1H3. The SMILES string of the molecule is CCC1(c2nc(-c3ncc(Cl)cc3Cl)no2)CCNC1. The number of halogens is 2. The number of rotatable bonds is 3. The van der Waals surface area contributed by atoms with Gasteiger partial charge in [0.1, 0.15) is 5.69 Å². The van der Waals surface area contributed by atoms with Crippen LogP contribution in [0.3, 0.4) is 0 Å². The molecule has 0 radical (unpaired) electrons. The van der Waals surface area contributed by atoms with Crippen molar-refractivity contribution >= 4 is 23.2 Å². The highest BCUT2D eigenvalue weighted by Crippen LogP contribution is 2.34. The Hall–Kier alpha value is -1.17. The van der Waals surface area contributed by atoms with Gasteiger partial charge in [-0.15, -0.1) is 0 Å². The van der Waals surface area contributed by atoms with Gasteiger partial charge in [0.2, 0.25) is 11.7 Å². The predicted octanol–water partition coefficient (Wildman–Crippen LogP) is 3.08. The fourth-order valence-electron chi connectivity index (χ4n) is 2.49. The van der Waals surface area contributed by atoms with Gasteiger partial charge >= 0.3 is 0 Å². The van der Waals surface area contributed by atoms with Crippen LogP contribution in [-0.4, -0.2) is 28.2 Å². The van der Waals surface area contributed by atoms with E-state index in [1.165, 1.54) is 6.20 Å². The molecule has 3 heterocycles. The largest absolute Gasteiger partial charge is 0.338 e. The molecule has 0 bridgehead atoms. The lowest BCUT2D eigenvalue weighted by atomic mass is 9.84. The van der Waals surface area contributed by atoms with Crippen molar-refractivity contribution in [1.29, 1.82) is 0 Å². The smallest absolute Gasteiger partial charge is 0.234 e. The summed E-state index contributed by atoms with van der Waals surface area (Å²) in [5.41, 5.74) is 0.410. The van der Waals surface area contributed by atoms with Gasteiger partial charge in [-0.3, -0.25) is 0 Å². The second-order valence-electron chi connectivity index (χ2n) is 4.97. The van der Waals surface area contributed by atoms with Crippen molar-refractivity contribution in [3.05, 3.63) is 28.2 Å². The molecule has 1 atom stereocenters. The Kier molecular flexibility index (Phi) is 3.67. The van der Waals surface area contributed by atoms with Crippen LogP contribution in [0.4, 0.5) is 0 Å². The number of aromatic nitrogens is 3. The van der Waals surface area contributed by atoms with Gasteiger partial charge < -0.3 is 9.84 Å². The van der Waals surface area contributed by atoms with E-state index in [9.17, 15) is 0 Å². The monoisotopic (exact) mass is 312 g/mol. The van der Waals surface area contributed by atoms with Crippen LogP contribution >= 0.6 is 23.2 Å². The van der Waals surface area contributed by atoms with E-state index < -0.39 is 0 Å². The minimum absolute atomic E-state index is 0.0792. The summed E-state index contributed by atoms with van der Waals surface area (Å²) in [4.78, 5) is 8.66. The third kappa shape index (κ3) is 2.30. The zero-order chi connectivity index (χ0) is 14.2. The van der Waals surface area contributed by atoms with E-state index in [0.717, 1.165) is 25.9 Å². The Morgan fingerprint density at radius 3 is 2.95 bits per heavy atom. The molecule has 1 N–H and O–H groups in total. The molecule has 0 saturated carbocycles. The second kappa shape index (κ2) is 5.31. The third-order valence-corrected chi connectivity index (χ3v) is 4.31. The summed E-state index contributed by atoms with van der Waals surface area (Å²) in [5.74, 6) is 1.05. The number of nitrogens with one attached hydrogen (secondary N) is 1. The molecular formula is C13H14Cl2N4O. The molecular weight excluding hydrogens is 299 g/mol. The van der Waals surface area contributed by atoms with Crippen molar-refractivity contribution in [2.45, 2.75) is 25.2 Å². The Labute approximate surface area is 126 Å². The van der Waals surface area contributed by atoms with E-state index in [2.05, 4.69) is 27.4 Å². The summed E-state index contributed by atoms with van der Waals surface area (Å²) in [5, 5.41) is 8.25. The van der Waals surface area contributed by atoms with Crippen LogP contribution in [0.1, 0.15) is 25.7 Å². The zero-order valence-electron chi connectivity index (χ0n) is 11.0. The molecule has 0 aliphatic carbocycles. The lowest BCUT2D eigenvalue weighted by molar-refractivity contribution is 0.285. The van der Waals surface area contributed by atoms with Crippen molar-refractivity contribution in [2.24, 2.45) is 0 Å². The molecule has 0 spiro atoms. The van der Waals surface area contributed by atoms with Gasteiger partial charge in [0.05, 0.1) is 15.5 Å². The van der Waals surface area contributed by atoms with Crippen molar-refractivity contribution in [2.75, 3.05) is 13.1 Å². The lowest BCUT2D eigenvalue weighted by Gasteiger charge is -2.20. The van der Waals surface area contributed by atoms with Crippen molar-refractivity contribution in [3.63, 3.8) is 0 Å². The molecule has 2 aromatic heterocycles. The maximum atomic E-state index is 6.12. The summed E-state index contributed by atoms with van der Waals surface area (Å²) in [6.07, 6.45) is 3.46. The number of hydrogen-bond donors (Lipinski definition) is 1. The van der Waals surface area contributed by atoms with Gasteiger partial charge in [-0.05, 0) is 25.5 Å². The average molecular weight is 313 g/mol. The molecule has 2 aromatic rings. The minimum atomic E-state index is -0.0792. The number of nitrogens with zero attached hydrogens (tertiary/aromatic N) is 3. The maximum Gasteiger partial charge on any atom is 0.234 e.